The van der Waals surface area contributed by atoms with E-state index >= 15 is 0 Å². The molecular formula is C19H28N4O2. The van der Waals surface area contributed by atoms with E-state index in [0.29, 0.717) is 19.5 Å². The summed E-state index contributed by atoms with van der Waals surface area (Å²) in [5, 5.41) is 19.2. The van der Waals surface area contributed by atoms with Crippen molar-refractivity contribution in [1.82, 2.24) is 20.4 Å². The maximum Gasteiger partial charge on any atom is 0.315 e. The Morgan fingerprint density at radius 1 is 1.32 bits per heavy atom. The van der Waals surface area contributed by atoms with Crippen molar-refractivity contribution in [2.24, 2.45) is 5.41 Å². The number of carbonyl (C=O) groups excluding carboxylic acids is 1. The fraction of sp³-hybridized carbons (Fsp3) is 0.474. The number of hydrogen-bond donors (Lipinski definition) is 3. The van der Waals surface area contributed by atoms with E-state index in [4.69, 9.17) is 5.11 Å². The predicted molar refractivity (Wildman–Crippen MR) is 98.2 cm³/mol. The highest BCUT2D eigenvalue weighted by molar-refractivity contribution is 5.74. The molecule has 0 spiro atoms. The average Bonchev–Trinajstić information content (AvgIpc) is 3.03. The first kappa shape index (κ1) is 19.0. The van der Waals surface area contributed by atoms with Crippen LogP contribution in [0.3, 0.4) is 0 Å². The molecule has 0 fully saturated rings. The molecule has 1 atom stereocenters. The fourth-order valence-corrected chi connectivity index (χ4v) is 2.50. The van der Waals surface area contributed by atoms with E-state index in [1.54, 1.807) is 6.20 Å². The van der Waals surface area contributed by atoms with Gasteiger partial charge < -0.3 is 15.7 Å². The third kappa shape index (κ3) is 6.23. The second-order valence-electron chi connectivity index (χ2n) is 7.14. The van der Waals surface area contributed by atoms with Crippen molar-refractivity contribution >= 4 is 6.03 Å². The second-order valence-corrected chi connectivity index (χ2v) is 7.14. The first-order valence-electron chi connectivity index (χ1n) is 8.61. The third-order valence-corrected chi connectivity index (χ3v) is 4.20. The molecule has 1 aromatic carbocycles. The SMILES string of the molecule is CC(NC(=O)NCC(C)(C)CCO)c1cnn(Cc2ccccc2)c1. The zero-order valence-electron chi connectivity index (χ0n) is 15.2. The number of hydrogen-bond acceptors (Lipinski definition) is 3. The number of aromatic nitrogens is 2. The van der Waals surface area contributed by atoms with Crippen molar-refractivity contribution in [1.29, 1.82) is 0 Å². The molecule has 6 nitrogen and oxygen atoms in total. The van der Waals surface area contributed by atoms with E-state index in [9.17, 15) is 4.79 Å². The predicted octanol–water partition coefficient (Wildman–Crippen LogP) is 2.70. The molecule has 25 heavy (non-hydrogen) atoms. The fourth-order valence-electron chi connectivity index (χ4n) is 2.50. The zero-order chi connectivity index (χ0) is 18.3. The van der Waals surface area contributed by atoms with E-state index in [-0.39, 0.29) is 24.1 Å². The monoisotopic (exact) mass is 344 g/mol. The number of rotatable bonds is 8. The molecule has 0 bridgehead atoms. The van der Waals surface area contributed by atoms with Gasteiger partial charge in [0, 0.05) is 24.9 Å². The minimum Gasteiger partial charge on any atom is -0.396 e. The van der Waals surface area contributed by atoms with Gasteiger partial charge in [-0.25, -0.2) is 4.79 Å². The Balaban J connectivity index is 1.84. The number of amides is 2. The largest absolute Gasteiger partial charge is 0.396 e. The molecule has 0 aliphatic heterocycles. The lowest BCUT2D eigenvalue weighted by molar-refractivity contribution is 0.200. The summed E-state index contributed by atoms with van der Waals surface area (Å²) in [6.07, 6.45) is 4.38. The summed E-state index contributed by atoms with van der Waals surface area (Å²) >= 11 is 0. The summed E-state index contributed by atoms with van der Waals surface area (Å²) in [4.78, 5) is 12.1. The Bertz CT molecular complexity index is 667. The Kier molecular flexibility index (Phi) is 6.58. The standard InChI is InChI=1S/C19H28N4O2/c1-15(22-18(25)20-14-19(2,3)9-10-24)17-11-21-23(13-17)12-16-7-5-4-6-8-16/h4-8,11,13,15,24H,9-10,12,14H2,1-3H3,(H2,20,22,25). The number of carbonyl (C=O) groups is 1. The molecule has 2 rings (SSSR count). The lowest BCUT2D eigenvalue weighted by Crippen LogP contribution is -2.41. The van der Waals surface area contributed by atoms with Crippen LogP contribution in [0.25, 0.3) is 0 Å². The number of aliphatic hydroxyl groups excluding tert-OH is 1. The highest BCUT2D eigenvalue weighted by Gasteiger charge is 2.19. The van der Waals surface area contributed by atoms with Gasteiger partial charge in [-0.2, -0.15) is 5.10 Å². The molecular weight excluding hydrogens is 316 g/mol. The van der Waals surface area contributed by atoms with E-state index in [1.165, 1.54) is 5.56 Å². The normalized spacial score (nSPS) is 12.6. The Labute approximate surface area is 149 Å². The lowest BCUT2D eigenvalue weighted by atomic mass is 9.90. The molecule has 3 N–H and O–H groups in total. The van der Waals surface area contributed by atoms with E-state index in [2.05, 4.69) is 27.9 Å². The van der Waals surface area contributed by atoms with Gasteiger partial charge in [0.1, 0.15) is 0 Å². The summed E-state index contributed by atoms with van der Waals surface area (Å²) in [7, 11) is 0. The molecule has 1 heterocycles. The highest BCUT2D eigenvalue weighted by Crippen LogP contribution is 2.18. The quantitative estimate of drug-likeness (QED) is 0.689. The van der Waals surface area contributed by atoms with Crippen molar-refractivity contribution in [2.45, 2.75) is 39.8 Å². The molecule has 2 amide bonds. The van der Waals surface area contributed by atoms with Gasteiger partial charge in [0.15, 0.2) is 0 Å². The van der Waals surface area contributed by atoms with Crippen LogP contribution in [0.2, 0.25) is 0 Å². The first-order valence-corrected chi connectivity index (χ1v) is 8.61. The van der Waals surface area contributed by atoms with E-state index in [1.807, 2.05) is 49.8 Å². The maximum atomic E-state index is 12.1. The minimum atomic E-state index is -0.214. The Morgan fingerprint density at radius 3 is 2.72 bits per heavy atom. The third-order valence-electron chi connectivity index (χ3n) is 4.20. The van der Waals surface area contributed by atoms with Crippen LogP contribution in [0.15, 0.2) is 42.7 Å². The maximum absolute atomic E-state index is 12.1. The van der Waals surface area contributed by atoms with Crippen molar-refractivity contribution in [2.75, 3.05) is 13.2 Å². The van der Waals surface area contributed by atoms with Crippen molar-refractivity contribution in [3.05, 3.63) is 53.9 Å². The summed E-state index contributed by atoms with van der Waals surface area (Å²) in [6, 6.07) is 9.78. The molecule has 0 aliphatic rings. The molecule has 1 unspecified atom stereocenters. The zero-order valence-corrected chi connectivity index (χ0v) is 15.2. The summed E-state index contributed by atoms with van der Waals surface area (Å²) < 4.78 is 1.87. The Hall–Kier alpha value is -2.34. The van der Waals surface area contributed by atoms with Gasteiger partial charge in [0.25, 0.3) is 0 Å². The molecule has 6 heteroatoms. The van der Waals surface area contributed by atoms with E-state index < -0.39 is 0 Å². The topological polar surface area (TPSA) is 79.2 Å². The van der Waals surface area contributed by atoms with E-state index in [0.717, 1.165) is 5.56 Å². The van der Waals surface area contributed by atoms with Crippen molar-refractivity contribution in [3.63, 3.8) is 0 Å². The molecule has 0 saturated heterocycles. The summed E-state index contributed by atoms with van der Waals surface area (Å²) in [6.45, 7) is 7.30. The van der Waals surface area contributed by atoms with Crippen LogP contribution >= 0.6 is 0 Å². The average molecular weight is 344 g/mol. The van der Waals surface area contributed by atoms with Gasteiger partial charge in [-0.15, -0.1) is 0 Å². The van der Waals surface area contributed by atoms with Gasteiger partial charge in [0.05, 0.1) is 18.8 Å². The highest BCUT2D eigenvalue weighted by atomic mass is 16.3. The van der Waals surface area contributed by atoms with Gasteiger partial charge >= 0.3 is 6.03 Å². The van der Waals surface area contributed by atoms with Gasteiger partial charge in [-0.05, 0) is 24.3 Å². The van der Waals surface area contributed by atoms with Crippen LogP contribution in [-0.2, 0) is 6.54 Å². The van der Waals surface area contributed by atoms with Gasteiger partial charge in [-0.1, -0.05) is 44.2 Å². The van der Waals surface area contributed by atoms with Gasteiger partial charge in [0.2, 0.25) is 0 Å². The summed E-state index contributed by atoms with van der Waals surface area (Å²) in [5.41, 5.74) is 2.01. The van der Waals surface area contributed by atoms with Crippen LogP contribution < -0.4 is 10.6 Å². The smallest absolute Gasteiger partial charge is 0.315 e. The number of nitrogens with one attached hydrogen (secondary N) is 2. The number of nitrogens with zero attached hydrogens (tertiary/aromatic N) is 2. The van der Waals surface area contributed by atoms with Crippen molar-refractivity contribution in [3.8, 4) is 0 Å². The number of aliphatic hydroxyl groups is 1. The van der Waals surface area contributed by atoms with Crippen LogP contribution in [0.5, 0.6) is 0 Å². The van der Waals surface area contributed by atoms with Crippen LogP contribution in [0.1, 0.15) is 44.4 Å². The summed E-state index contributed by atoms with van der Waals surface area (Å²) in [5.74, 6) is 0. The Morgan fingerprint density at radius 2 is 2.04 bits per heavy atom. The molecule has 2 aromatic rings. The number of benzene rings is 1. The molecule has 1 aromatic heterocycles. The van der Waals surface area contributed by atoms with Crippen LogP contribution in [0.4, 0.5) is 4.79 Å². The lowest BCUT2D eigenvalue weighted by Gasteiger charge is -2.24. The van der Waals surface area contributed by atoms with Crippen LogP contribution in [0, 0.1) is 5.41 Å². The van der Waals surface area contributed by atoms with Crippen molar-refractivity contribution < 1.29 is 9.90 Å². The first-order chi connectivity index (χ1) is 11.9. The molecule has 136 valence electrons. The molecule has 0 saturated carbocycles. The molecule has 0 radical (unpaired) electrons. The number of urea groups is 1. The van der Waals surface area contributed by atoms with Gasteiger partial charge in [-0.3, -0.25) is 4.68 Å². The molecule has 0 aliphatic carbocycles. The minimum absolute atomic E-state index is 0.118. The van der Waals surface area contributed by atoms with Crippen LogP contribution in [-0.4, -0.2) is 34.1 Å². The second kappa shape index (κ2) is 8.67.